The van der Waals surface area contributed by atoms with Crippen molar-refractivity contribution in [3.8, 4) is 16.5 Å². The molecule has 0 fully saturated rings. The van der Waals surface area contributed by atoms with Gasteiger partial charge in [0.15, 0.2) is 5.82 Å². The lowest BCUT2D eigenvalue weighted by molar-refractivity contribution is 0.415. The molecule has 2 aromatic heterocycles. The Balaban J connectivity index is 1.85. The fourth-order valence-corrected chi connectivity index (χ4v) is 3.54. The number of fused-ring (bicyclic) bond motifs is 1. The lowest BCUT2D eigenvalue weighted by Crippen LogP contribution is -1.97. The minimum atomic E-state index is 0.443. The summed E-state index contributed by atoms with van der Waals surface area (Å²) in [6.07, 6.45) is 1.77. The highest BCUT2D eigenvalue weighted by Crippen LogP contribution is 2.27. The van der Waals surface area contributed by atoms with Gasteiger partial charge < -0.3 is 4.74 Å². The molecule has 0 radical (unpaired) electrons. The molecule has 0 aliphatic rings. The van der Waals surface area contributed by atoms with Crippen molar-refractivity contribution in [3.63, 3.8) is 0 Å². The Morgan fingerprint density at radius 3 is 2.88 bits per heavy atom. The number of methoxy groups -OCH3 is 1. The van der Waals surface area contributed by atoms with Gasteiger partial charge in [0.2, 0.25) is 4.77 Å². The number of aromatic nitrogens is 3. The predicted octanol–water partition coefficient (Wildman–Crippen LogP) is 4.71. The van der Waals surface area contributed by atoms with E-state index in [2.05, 4.69) is 21.4 Å². The van der Waals surface area contributed by atoms with Gasteiger partial charge in [0, 0.05) is 5.56 Å². The van der Waals surface area contributed by atoms with Crippen molar-refractivity contribution >= 4 is 40.5 Å². The molecule has 2 heterocycles. The molecule has 0 atom stereocenters. The number of H-pyrrole nitrogens is 1. The van der Waals surface area contributed by atoms with Gasteiger partial charge in [-0.25, -0.2) is 5.10 Å². The van der Waals surface area contributed by atoms with Crippen molar-refractivity contribution < 1.29 is 4.74 Å². The van der Waals surface area contributed by atoms with Gasteiger partial charge in [-0.1, -0.05) is 36.4 Å². The molecule has 124 valence electrons. The fourth-order valence-electron chi connectivity index (χ4n) is 2.67. The Hall–Kier alpha value is -2.77. The van der Waals surface area contributed by atoms with Crippen LogP contribution in [0.1, 0.15) is 5.56 Å². The average molecular weight is 366 g/mol. The van der Waals surface area contributed by atoms with E-state index in [9.17, 15) is 0 Å². The number of nitrogens with zero attached hydrogens (tertiary/aromatic N) is 3. The number of thiophene rings is 1. The van der Waals surface area contributed by atoms with E-state index in [4.69, 9.17) is 17.0 Å². The number of nitrogens with one attached hydrogen (secondary N) is 1. The SMILES string of the molecule is COc1ccc2ccccc2c1/C=N/n1c(-c2cccs2)n[nH]c1=S. The molecule has 0 saturated heterocycles. The van der Waals surface area contributed by atoms with Gasteiger partial charge in [-0.2, -0.15) is 14.9 Å². The van der Waals surface area contributed by atoms with Crippen LogP contribution in [0.25, 0.3) is 21.5 Å². The van der Waals surface area contributed by atoms with Gasteiger partial charge in [0.05, 0.1) is 18.2 Å². The van der Waals surface area contributed by atoms with Gasteiger partial charge in [0.25, 0.3) is 0 Å². The van der Waals surface area contributed by atoms with Crippen LogP contribution in [0.4, 0.5) is 0 Å². The Bertz CT molecular complexity index is 1110. The Morgan fingerprint density at radius 1 is 1.20 bits per heavy atom. The molecular formula is C18H14N4OS2. The third kappa shape index (κ3) is 2.88. The lowest BCUT2D eigenvalue weighted by atomic mass is 10.0. The second-order valence-electron chi connectivity index (χ2n) is 5.29. The summed E-state index contributed by atoms with van der Waals surface area (Å²) in [5.74, 6) is 1.45. The molecular weight excluding hydrogens is 352 g/mol. The predicted molar refractivity (Wildman–Crippen MR) is 104 cm³/mol. The molecule has 0 amide bonds. The summed E-state index contributed by atoms with van der Waals surface area (Å²) in [6, 6.07) is 16.1. The second-order valence-corrected chi connectivity index (χ2v) is 6.62. The minimum Gasteiger partial charge on any atom is -0.496 e. The highest BCUT2D eigenvalue weighted by atomic mass is 32.1. The molecule has 1 N–H and O–H groups in total. The summed E-state index contributed by atoms with van der Waals surface area (Å²) in [4.78, 5) is 0.995. The molecule has 0 aliphatic heterocycles. The van der Waals surface area contributed by atoms with Crippen LogP contribution >= 0.6 is 23.6 Å². The van der Waals surface area contributed by atoms with Gasteiger partial charge in [-0.05, 0) is 40.5 Å². The van der Waals surface area contributed by atoms with Crippen LogP contribution in [0.5, 0.6) is 5.75 Å². The molecule has 0 saturated carbocycles. The van der Waals surface area contributed by atoms with Crippen LogP contribution in [0.15, 0.2) is 59.0 Å². The molecule has 2 aromatic carbocycles. The maximum Gasteiger partial charge on any atom is 0.216 e. The number of hydrogen-bond acceptors (Lipinski definition) is 5. The number of aromatic amines is 1. The largest absolute Gasteiger partial charge is 0.496 e. The first-order chi connectivity index (χ1) is 12.3. The Kier molecular flexibility index (Phi) is 4.17. The maximum absolute atomic E-state index is 5.51. The highest BCUT2D eigenvalue weighted by Gasteiger charge is 2.10. The van der Waals surface area contributed by atoms with Crippen molar-refractivity contribution in [2.24, 2.45) is 5.10 Å². The van der Waals surface area contributed by atoms with Crippen molar-refractivity contribution in [1.29, 1.82) is 0 Å². The molecule has 4 aromatic rings. The van der Waals surface area contributed by atoms with Gasteiger partial charge in [-0.15, -0.1) is 11.3 Å². The number of rotatable bonds is 4. The molecule has 7 heteroatoms. The number of hydrogen-bond donors (Lipinski definition) is 1. The van der Waals surface area contributed by atoms with Crippen molar-refractivity contribution in [2.75, 3.05) is 7.11 Å². The van der Waals surface area contributed by atoms with E-state index in [-0.39, 0.29) is 0 Å². The first-order valence-electron chi connectivity index (χ1n) is 7.59. The van der Waals surface area contributed by atoms with E-state index >= 15 is 0 Å². The smallest absolute Gasteiger partial charge is 0.216 e. The fraction of sp³-hybridized carbons (Fsp3) is 0.0556. The van der Waals surface area contributed by atoms with Crippen LogP contribution < -0.4 is 4.74 Å². The molecule has 0 spiro atoms. The molecule has 0 aliphatic carbocycles. The van der Waals surface area contributed by atoms with Crippen LogP contribution in [0.2, 0.25) is 0 Å². The number of ether oxygens (including phenoxy) is 1. The van der Waals surface area contributed by atoms with E-state index in [1.165, 1.54) is 0 Å². The van der Waals surface area contributed by atoms with Gasteiger partial charge >= 0.3 is 0 Å². The normalized spacial score (nSPS) is 11.4. The van der Waals surface area contributed by atoms with E-state index in [0.717, 1.165) is 27.0 Å². The Morgan fingerprint density at radius 2 is 2.08 bits per heavy atom. The zero-order valence-electron chi connectivity index (χ0n) is 13.3. The van der Waals surface area contributed by atoms with Crippen molar-refractivity contribution in [3.05, 3.63) is 64.2 Å². The molecule has 5 nitrogen and oxygen atoms in total. The number of benzene rings is 2. The summed E-state index contributed by atoms with van der Waals surface area (Å²) >= 11 is 6.91. The van der Waals surface area contributed by atoms with E-state index < -0.39 is 0 Å². The molecule has 4 rings (SSSR count). The summed E-state index contributed by atoms with van der Waals surface area (Å²) < 4.78 is 7.58. The lowest BCUT2D eigenvalue weighted by Gasteiger charge is -2.08. The summed E-state index contributed by atoms with van der Waals surface area (Å²) in [5.41, 5.74) is 0.904. The first-order valence-corrected chi connectivity index (χ1v) is 8.88. The van der Waals surface area contributed by atoms with Gasteiger partial charge in [-0.3, -0.25) is 0 Å². The molecule has 0 bridgehead atoms. The molecule has 0 unspecified atom stereocenters. The van der Waals surface area contributed by atoms with E-state index in [0.29, 0.717) is 10.6 Å². The first kappa shape index (κ1) is 15.7. The quantitative estimate of drug-likeness (QED) is 0.420. The third-order valence-electron chi connectivity index (χ3n) is 3.84. The van der Waals surface area contributed by atoms with Gasteiger partial charge in [0.1, 0.15) is 5.75 Å². The average Bonchev–Trinajstić information content (AvgIpc) is 3.29. The van der Waals surface area contributed by atoms with Crippen LogP contribution in [0.3, 0.4) is 0 Å². The van der Waals surface area contributed by atoms with E-state index in [1.54, 1.807) is 29.3 Å². The van der Waals surface area contributed by atoms with E-state index in [1.807, 2.05) is 47.8 Å². The standard InChI is InChI=1S/C18H14N4OS2/c1-23-15-9-8-12-5-2-3-6-13(12)14(15)11-19-22-17(20-21-18(22)24)16-7-4-10-25-16/h2-11H,1H3,(H,21,24)/b19-11+. The monoisotopic (exact) mass is 366 g/mol. The zero-order chi connectivity index (χ0) is 17.2. The topological polar surface area (TPSA) is 55.2 Å². The van der Waals surface area contributed by atoms with Crippen LogP contribution in [0, 0.1) is 4.77 Å². The molecule has 25 heavy (non-hydrogen) atoms. The summed E-state index contributed by atoms with van der Waals surface area (Å²) in [7, 11) is 1.65. The third-order valence-corrected chi connectivity index (χ3v) is 4.97. The summed E-state index contributed by atoms with van der Waals surface area (Å²) in [6.45, 7) is 0. The second kappa shape index (κ2) is 6.62. The summed E-state index contributed by atoms with van der Waals surface area (Å²) in [5, 5.41) is 15.8. The maximum atomic E-state index is 5.51. The minimum absolute atomic E-state index is 0.443. The zero-order valence-corrected chi connectivity index (χ0v) is 15.0. The van der Waals surface area contributed by atoms with Crippen LogP contribution in [-0.2, 0) is 0 Å². The highest BCUT2D eigenvalue weighted by molar-refractivity contribution is 7.71. The van der Waals surface area contributed by atoms with Crippen molar-refractivity contribution in [2.45, 2.75) is 0 Å². The Labute approximate surface area is 153 Å². The van der Waals surface area contributed by atoms with Crippen LogP contribution in [-0.4, -0.2) is 28.2 Å². The van der Waals surface area contributed by atoms with Crippen molar-refractivity contribution in [1.82, 2.24) is 14.9 Å².